The highest BCUT2D eigenvalue weighted by atomic mass is 79.9. The molecule has 0 atom stereocenters. The lowest BCUT2D eigenvalue weighted by molar-refractivity contribution is 0.0574. The minimum atomic E-state index is -2.63. The van der Waals surface area contributed by atoms with Gasteiger partial charge in [0.15, 0.2) is 0 Å². The molecule has 7 heteroatoms. The van der Waals surface area contributed by atoms with Crippen molar-refractivity contribution in [2.45, 2.75) is 39.3 Å². The number of alkyl halides is 2. The molecule has 0 bridgehead atoms. The molecule has 0 spiro atoms. The molecule has 0 unspecified atom stereocenters. The van der Waals surface area contributed by atoms with Crippen LogP contribution in [0, 0.1) is 6.92 Å². The van der Waals surface area contributed by atoms with E-state index in [1.165, 1.54) is 6.20 Å². The second-order valence-corrected chi connectivity index (χ2v) is 6.64. The topological polar surface area (TPSA) is 30.3 Å². The first-order valence-electron chi connectivity index (χ1n) is 7.83. The van der Waals surface area contributed by atoms with Crippen molar-refractivity contribution in [2.24, 2.45) is 0 Å². The fourth-order valence-corrected chi connectivity index (χ4v) is 3.71. The summed E-state index contributed by atoms with van der Waals surface area (Å²) in [5.41, 5.74) is 2.64. The minimum absolute atomic E-state index is 0.361. The van der Waals surface area contributed by atoms with Crippen molar-refractivity contribution in [3.63, 3.8) is 0 Å². The van der Waals surface area contributed by atoms with Crippen LogP contribution in [0.2, 0.25) is 0 Å². The number of rotatable bonds is 4. The Balaban J connectivity index is 2.14. The van der Waals surface area contributed by atoms with Crippen LogP contribution >= 0.6 is 15.9 Å². The minimum Gasteiger partial charge on any atom is -0.381 e. The zero-order chi connectivity index (χ0) is 16.6. The molecular weight excluding hydrogens is 368 g/mol. The second-order valence-electron chi connectivity index (χ2n) is 5.78. The van der Waals surface area contributed by atoms with Gasteiger partial charge in [-0.2, -0.15) is 13.9 Å². The molecule has 1 aliphatic heterocycles. The summed E-state index contributed by atoms with van der Waals surface area (Å²) in [6, 6.07) is 2.17. The quantitative estimate of drug-likeness (QED) is 0.772. The van der Waals surface area contributed by atoms with Crippen molar-refractivity contribution < 1.29 is 13.5 Å². The maximum absolute atomic E-state index is 13.0. The molecule has 1 fully saturated rings. The van der Waals surface area contributed by atoms with Crippen molar-refractivity contribution >= 4 is 32.5 Å². The number of fused-ring (bicyclic) bond motifs is 1. The summed E-state index contributed by atoms with van der Waals surface area (Å²) < 4.78 is 33.2. The van der Waals surface area contributed by atoms with Gasteiger partial charge in [0.25, 0.3) is 0 Å². The van der Waals surface area contributed by atoms with Crippen LogP contribution in [0.3, 0.4) is 0 Å². The summed E-state index contributed by atoms with van der Waals surface area (Å²) in [7, 11) is 0. The Morgan fingerprint density at radius 2 is 2.13 bits per heavy atom. The SMILES string of the molecule is CCN(c1c(C)c(Br)cc2nn(C(F)F)cc12)C1CCOCC1. The maximum atomic E-state index is 13.0. The summed E-state index contributed by atoms with van der Waals surface area (Å²) >= 11 is 3.55. The van der Waals surface area contributed by atoms with Crippen LogP contribution in [0.5, 0.6) is 0 Å². The molecule has 1 aliphatic rings. The first kappa shape index (κ1) is 16.6. The third-order valence-corrected chi connectivity index (χ3v) is 5.28. The molecule has 3 rings (SSSR count). The Labute approximate surface area is 142 Å². The Hall–Kier alpha value is -1.21. The van der Waals surface area contributed by atoms with Gasteiger partial charge in [-0.25, -0.2) is 4.68 Å². The average Bonchev–Trinajstić information content (AvgIpc) is 2.96. The summed E-state index contributed by atoms with van der Waals surface area (Å²) in [5.74, 6) is 0. The predicted octanol–water partition coefficient (Wildman–Crippen LogP) is 4.51. The third-order valence-electron chi connectivity index (χ3n) is 4.45. The van der Waals surface area contributed by atoms with E-state index in [2.05, 4.69) is 32.9 Å². The van der Waals surface area contributed by atoms with Crippen LogP contribution in [0.1, 0.15) is 31.9 Å². The Morgan fingerprint density at radius 3 is 2.74 bits per heavy atom. The fraction of sp³-hybridized carbons (Fsp3) is 0.562. The van der Waals surface area contributed by atoms with E-state index in [9.17, 15) is 8.78 Å². The standard InChI is InChI=1S/C16H20BrF2N3O/c1-3-21(11-4-6-23-7-5-11)15-10(2)13(17)8-14-12(15)9-22(20-14)16(18)19/h8-9,11,16H,3-7H2,1-2H3. The molecule has 1 saturated heterocycles. The Morgan fingerprint density at radius 1 is 1.43 bits per heavy atom. The van der Waals surface area contributed by atoms with Gasteiger partial charge in [-0.05, 0) is 38.3 Å². The van der Waals surface area contributed by atoms with E-state index in [1.807, 2.05) is 13.0 Å². The lowest BCUT2D eigenvalue weighted by Gasteiger charge is -2.36. The summed E-state index contributed by atoms with van der Waals surface area (Å²) in [5, 5.41) is 4.80. The molecule has 0 saturated carbocycles. The number of ether oxygens (including phenoxy) is 1. The molecule has 0 aliphatic carbocycles. The number of anilines is 1. The van der Waals surface area contributed by atoms with Gasteiger partial charge in [-0.3, -0.25) is 0 Å². The lowest BCUT2D eigenvalue weighted by atomic mass is 10.0. The molecule has 2 heterocycles. The lowest BCUT2D eigenvalue weighted by Crippen LogP contribution is -2.40. The smallest absolute Gasteiger partial charge is 0.333 e. The van der Waals surface area contributed by atoms with Crippen molar-refractivity contribution in [1.29, 1.82) is 0 Å². The van der Waals surface area contributed by atoms with E-state index >= 15 is 0 Å². The van der Waals surface area contributed by atoms with Gasteiger partial charge in [0.1, 0.15) is 0 Å². The molecule has 23 heavy (non-hydrogen) atoms. The van der Waals surface area contributed by atoms with Crippen molar-refractivity contribution in [2.75, 3.05) is 24.7 Å². The zero-order valence-corrected chi connectivity index (χ0v) is 14.8. The fourth-order valence-electron chi connectivity index (χ4n) is 3.30. The zero-order valence-electron chi connectivity index (χ0n) is 13.2. The number of aromatic nitrogens is 2. The van der Waals surface area contributed by atoms with Crippen molar-refractivity contribution in [3.8, 4) is 0 Å². The first-order chi connectivity index (χ1) is 11.0. The van der Waals surface area contributed by atoms with Gasteiger partial charge in [-0.1, -0.05) is 15.9 Å². The van der Waals surface area contributed by atoms with E-state index in [0.29, 0.717) is 11.6 Å². The van der Waals surface area contributed by atoms with Crippen LogP contribution in [-0.2, 0) is 4.74 Å². The summed E-state index contributed by atoms with van der Waals surface area (Å²) in [6.45, 7) is 3.78. The highest BCUT2D eigenvalue weighted by molar-refractivity contribution is 9.10. The Kier molecular flexibility index (Phi) is 4.87. The number of hydrogen-bond acceptors (Lipinski definition) is 3. The van der Waals surface area contributed by atoms with Gasteiger partial charge in [0, 0.05) is 41.9 Å². The molecule has 1 aromatic heterocycles. The molecule has 0 N–H and O–H groups in total. The molecule has 0 amide bonds. The van der Waals surface area contributed by atoms with Gasteiger partial charge >= 0.3 is 6.55 Å². The van der Waals surface area contributed by atoms with Crippen LogP contribution in [0.25, 0.3) is 10.9 Å². The van der Waals surface area contributed by atoms with Gasteiger partial charge in [0.05, 0.1) is 11.2 Å². The molecule has 126 valence electrons. The Bertz CT molecular complexity index is 698. The van der Waals surface area contributed by atoms with E-state index in [4.69, 9.17) is 4.74 Å². The van der Waals surface area contributed by atoms with E-state index in [0.717, 1.165) is 58.4 Å². The summed E-state index contributed by atoms with van der Waals surface area (Å²) in [6.07, 6.45) is 3.35. The second kappa shape index (κ2) is 6.73. The van der Waals surface area contributed by atoms with Crippen LogP contribution in [-0.4, -0.2) is 35.6 Å². The van der Waals surface area contributed by atoms with E-state index in [1.54, 1.807) is 0 Å². The van der Waals surface area contributed by atoms with E-state index in [-0.39, 0.29) is 0 Å². The predicted molar refractivity (Wildman–Crippen MR) is 90.3 cm³/mol. The van der Waals surface area contributed by atoms with Crippen LogP contribution < -0.4 is 4.90 Å². The highest BCUT2D eigenvalue weighted by Crippen LogP contribution is 2.38. The number of halogens is 3. The van der Waals surface area contributed by atoms with Crippen molar-refractivity contribution in [3.05, 3.63) is 22.3 Å². The molecule has 1 aromatic carbocycles. The van der Waals surface area contributed by atoms with Gasteiger partial charge in [0.2, 0.25) is 0 Å². The number of benzene rings is 1. The molecule has 2 aromatic rings. The number of hydrogen-bond donors (Lipinski definition) is 0. The normalized spacial score (nSPS) is 16.4. The molecule has 0 radical (unpaired) electrons. The summed E-state index contributed by atoms with van der Waals surface area (Å²) in [4.78, 5) is 2.31. The van der Waals surface area contributed by atoms with Crippen LogP contribution in [0.15, 0.2) is 16.7 Å². The highest BCUT2D eigenvalue weighted by Gasteiger charge is 2.25. The maximum Gasteiger partial charge on any atom is 0.333 e. The first-order valence-corrected chi connectivity index (χ1v) is 8.62. The molecule has 4 nitrogen and oxygen atoms in total. The third kappa shape index (κ3) is 3.08. The van der Waals surface area contributed by atoms with Crippen molar-refractivity contribution in [1.82, 2.24) is 9.78 Å². The molecular formula is C16H20BrF2N3O. The average molecular weight is 388 g/mol. The largest absolute Gasteiger partial charge is 0.381 e. The van der Waals surface area contributed by atoms with Crippen LogP contribution in [0.4, 0.5) is 14.5 Å². The van der Waals surface area contributed by atoms with Gasteiger partial charge < -0.3 is 9.64 Å². The monoisotopic (exact) mass is 387 g/mol. The van der Waals surface area contributed by atoms with Gasteiger partial charge in [-0.15, -0.1) is 0 Å². The van der Waals surface area contributed by atoms with E-state index < -0.39 is 6.55 Å². The number of nitrogens with zero attached hydrogens (tertiary/aromatic N) is 3.